The van der Waals surface area contributed by atoms with Crippen LogP contribution in [0.4, 0.5) is 0 Å². The average molecular weight is 403 g/mol. The number of ether oxygens (including phenoxy) is 1. The van der Waals surface area contributed by atoms with Crippen LogP contribution in [0.2, 0.25) is 0 Å². The Balaban J connectivity index is 1.48. The predicted octanol–water partition coefficient (Wildman–Crippen LogP) is 3.47. The monoisotopic (exact) mass is 403 g/mol. The number of fused-ring (bicyclic) bond motifs is 1. The molecule has 3 aromatic rings. The molecule has 0 radical (unpaired) electrons. The van der Waals surface area contributed by atoms with Crippen molar-refractivity contribution in [2.45, 2.75) is 31.8 Å². The Morgan fingerprint density at radius 3 is 2.70 bits per heavy atom. The highest BCUT2D eigenvalue weighted by Gasteiger charge is 2.28. The Kier molecular flexibility index (Phi) is 5.93. The number of aryl methyl sites for hydroxylation is 1. The van der Waals surface area contributed by atoms with Crippen molar-refractivity contribution in [3.8, 4) is 5.75 Å². The minimum atomic E-state index is -0.256. The fourth-order valence-corrected chi connectivity index (χ4v) is 3.94. The lowest BCUT2D eigenvalue weighted by atomic mass is 9.87. The van der Waals surface area contributed by atoms with Gasteiger partial charge < -0.3 is 9.64 Å². The molecule has 1 atom stereocenters. The normalized spacial score (nSPS) is 15.3. The number of rotatable bonds is 6. The summed E-state index contributed by atoms with van der Waals surface area (Å²) in [6.45, 7) is 0.561. The van der Waals surface area contributed by atoms with E-state index in [4.69, 9.17) is 4.74 Å². The lowest BCUT2D eigenvalue weighted by molar-refractivity contribution is 0.0705. The number of amides is 1. The Labute approximate surface area is 175 Å². The molecule has 1 aromatic heterocycles. The fraction of sp³-hybridized carbons (Fsp3) is 0.292. The number of hydrogen-bond donors (Lipinski definition) is 0. The molecular weight excluding hydrogens is 378 g/mol. The van der Waals surface area contributed by atoms with Crippen LogP contribution in [0.1, 0.15) is 40.5 Å². The largest absolute Gasteiger partial charge is 0.492 e. The van der Waals surface area contributed by atoms with Gasteiger partial charge in [0.2, 0.25) is 0 Å². The van der Waals surface area contributed by atoms with Gasteiger partial charge in [0, 0.05) is 13.1 Å². The number of benzene rings is 2. The molecule has 0 fully saturated rings. The Hall–Kier alpha value is -3.41. The Bertz CT molecular complexity index is 1080. The first-order chi connectivity index (χ1) is 14.6. The number of aromatic nitrogens is 2. The molecule has 2 aromatic carbocycles. The van der Waals surface area contributed by atoms with Crippen LogP contribution in [0.15, 0.2) is 71.5 Å². The van der Waals surface area contributed by atoms with Gasteiger partial charge in [-0.05, 0) is 48.6 Å². The quantitative estimate of drug-likeness (QED) is 0.632. The minimum absolute atomic E-state index is 0.0195. The molecule has 1 aliphatic carbocycles. The van der Waals surface area contributed by atoms with Crippen molar-refractivity contribution in [1.29, 1.82) is 0 Å². The van der Waals surface area contributed by atoms with Crippen LogP contribution in [0.25, 0.3) is 0 Å². The van der Waals surface area contributed by atoms with Gasteiger partial charge in [0.1, 0.15) is 18.1 Å². The molecule has 4 rings (SSSR count). The molecular formula is C24H25N3O3. The van der Waals surface area contributed by atoms with E-state index in [0.717, 1.165) is 25.0 Å². The van der Waals surface area contributed by atoms with E-state index < -0.39 is 0 Å². The van der Waals surface area contributed by atoms with E-state index in [1.807, 2.05) is 49.5 Å². The van der Waals surface area contributed by atoms with Crippen LogP contribution < -0.4 is 10.3 Å². The lowest BCUT2D eigenvalue weighted by Gasteiger charge is -2.33. The van der Waals surface area contributed by atoms with Crippen molar-refractivity contribution < 1.29 is 9.53 Å². The van der Waals surface area contributed by atoms with Gasteiger partial charge >= 0.3 is 0 Å². The second-order valence-corrected chi connectivity index (χ2v) is 7.46. The zero-order chi connectivity index (χ0) is 20.9. The topological polar surface area (TPSA) is 64.4 Å². The van der Waals surface area contributed by atoms with Crippen molar-refractivity contribution in [1.82, 2.24) is 14.7 Å². The first kappa shape index (κ1) is 19.9. The number of carbonyl (C=O) groups excluding carboxylic acids is 1. The van der Waals surface area contributed by atoms with Gasteiger partial charge in [0.15, 0.2) is 0 Å². The summed E-state index contributed by atoms with van der Waals surface area (Å²) >= 11 is 0. The molecule has 0 unspecified atom stereocenters. The van der Waals surface area contributed by atoms with Gasteiger partial charge in [0.05, 0.1) is 12.6 Å². The lowest BCUT2D eigenvalue weighted by Crippen LogP contribution is -2.35. The first-order valence-electron chi connectivity index (χ1n) is 10.2. The number of carbonyl (C=O) groups is 1. The summed E-state index contributed by atoms with van der Waals surface area (Å²) in [5, 5.41) is 4.31. The summed E-state index contributed by atoms with van der Waals surface area (Å²) in [7, 11) is 1.81. The van der Waals surface area contributed by atoms with Crippen LogP contribution in [0, 0.1) is 0 Å². The summed E-state index contributed by atoms with van der Waals surface area (Å²) in [6, 6.07) is 20.6. The van der Waals surface area contributed by atoms with E-state index in [0.29, 0.717) is 6.61 Å². The molecule has 154 valence electrons. The van der Waals surface area contributed by atoms with E-state index in [-0.39, 0.29) is 29.7 Å². The highest BCUT2D eigenvalue weighted by Crippen LogP contribution is 2.33. The van der Waals surface area contributed by atoms with Gasteiger partial charge in [-0.2, -0.15) is 5.10 Å². The zero-order valence-electron chi connectivity index (χ0n) is 17.0. The van der Waals surface area contributed by atoms with Gasteiger partial charge in [0.25, 0.3) is 11.5 Å². The standard InChI is InChI=1S/C24H25N3O3/c1-26(22-13-7-9-18-8-5-6-12-20(18)22)24(29)21-14-15-23(28)27(25-21)16-17-30-19-10-3-2-4-11-19/h2-6,8,10-12,14-15,22H,7,9,13,16-17H2,1H3/t22-/m0/s1. The highest BCUT2D eigenvalue weighted by molar-refractivity contribution is 5.92. The van der Waals surface area contributed by atoms with Gasteiger partial charge in [-0.25, -0.2) is 4.68 Å². The van der Waals surface area contributed by atoms with Crippen molar-refractivity contribution in [2.24, 2.45) is 0 Å². The maximum Gasteiger partial charge on any atom is 0.274 e. The van der Waals surface area contributed by atoms with Gasteiger partial charge in [-0.1, -0.05) is 42.5 Å². The molecule has 1 amide bonds. The van der Waals surface area contributed by atoms with E-state index in [1.54, 1.807) is 4.90 Å². The molecule has 0 saturated heterocycles. The second-order valence-electron chi connectivity index (χ2n) is 7.46. The smallest absolute Gasteiger partial charge is 0.274 e. The molecule has 0 N–H and O–H groups in total. The van der Waals surface area contributed by atoms with E-state index >= 15 is 0 Å². The van der Waals surface area contributed by atoms with Crippen molar-refractivity contribution in [2.75, 3.05) is 13.7 Å². The highest BCUT2D eigenvalue weighted by atomic mass is 16.5. The molecule has 0 spiro atoms. The van der Waals surface area contributed by atoms with Crippen LogP contribution in [-0.2, 0) is 13.0 Å². The van der Waals surface area contributed by atoms with Crippen LogP contribution >= 0.6 is 0 Å². The van der Waals surface area contributed by atoms with Crippen molar-refractivity contribution in [3.63, 3.8) is 0 Å². The summed E-state index contributed by atoms with van der Waals surface area (Å²) < 4.78 is 6.94. The third kappa shape index (κ3) is 4.27. The number of para-hydroxylation sites is 1. The van der Waals surface area contributed by atoms with Gasteiger partial charge in [-0.3, -0.25) is 9.59 Å². The van der Waals surface area contributed by atoms with Gasteiger partial charge in [-0.15, -0.1) is 0 Å². The molecule has 1 aliphatic rings. The van der Waals surface area contributed by atoms with E-state index in [9.17, 15) is 9.59 Å². The molecule has 0 aliphatic heterocycles. The second kappa shape index (κ2) is 8.95. The van der Waals surface area contributed by atoms with Crippen LogP contribution in [-0.4, -0.2) is 34.2 Å². The molecule has 6 heteroatoms. The SMILES string of the molecule is CN(C(=O)c1ccc(=O)n(CCOc2ccccc2)n1)[C@H]1CCCc2ccccc21. The maximum atomic E-state index is 13.1. The van der Waals surface area contributed by atoms with E-state index in [1.165, 1.54) is 27.9 Å². The molecule has 30 heavy (non-hydrogen) atoms. The van der Waals surface area contributed by atoms with Crippen LogP contribution in [0.3, 0.4) is 0 Å². The number of nitrogens with zero attached hydrogens (tertiary/aromatic N) is 3. The third-order valence-corrected chi connectivity index (χ3v) is 5.53. The Morgan fingerprint density at radius 1 is 1.10 bits per heavy atom. The maximum absolute atomic E-state index is 13.1. The summed E-state index contributed by atoms with van der Waals surface area (Å²) in [5.41, 5.74) is 2.50. The summed E-state index contributed by atoms with van der Waals surface area (Å²) in [5.74, 6) is 0.544. The summed E-state index contributed by atoms with van der Waals surface area (Å²) in [4.78, 5) is 27.1. The molecule has 0 saturated carbocycles. The molecule has 0 bridgehead atoms. The van der Waals surface area contributed by atoms with E-state index in [2.05, 4.69) is 17.2 Å². The minimum Gasteiger partial charge on any atom is -0.492 e. The van der Waals surface area contributed by atoms with Crippen LogP contribution in [0.5, 0.6) is 5.75 Å². The molecule has 1 heterocycles. The predicted molar refractivity (Wildman–Crippen MR) is 115 cm³/mol. The third-order valence-electron chi connectivity index (χ3n) is 5.53. The average Bonchev–Trinajstić information content (AvgIpc) is 2.79. The first-order valence-corrected chi connectivity index (χ1v) is 10.2. The number of hydrogen-bond acceptors (Lipinski definition) is 4. The Morgan fingerprint density at radius 2 is 1.87 bits per heavy atom. The van der Waals surface area contributed by atoms with Crippen molar-refractivity contribution in [3.05, 3.63) is 93.9 Å². The zero-order valence-corrected chi connectivity index (χ0v) is 17.0. The fourth-order valence-electron chi connectivity index (χ4n) is 3.94. The van der Waals surface area contributed by atoms with Crippen molar-refractivity contribution >= 4 is 5.91 Å². The molecule has 6 nitrogen and oxygen atoms in total. The summed E-state index contributed by atoms with van der Waals surface area (Å²) in [6.07, 6.45) is 3.01.